The molecule has 1 saturated carbocycles. The summed E-state index contributed by atoms with van der Waals surface area (Å²) >= 11 is 0. The number of likely N-dealkylation sites (tertiary alicyclic amines) is 1. The fourth-order valence-electron chi connectivity index (χ4n) is 4.74. The smallest absolute Gasteiger partial charge is 0.406 e. The van der Waals surface area contributed by atoms with Crippen LogP contribution in [-0.4, -0.2) is 41.6 Å². The van der Waals surface area contributed by atoms with Crippen LogP contribution in [0.1, 0.15) is 63.4 Å². The molecule has 27 heavy (non-hydrogen) atoms. The van der Waals surface area contributed by atoms with Crippen molar-refractivity contribution in [3.8, 4) is 5.75 Å². The van der Waals surface area contributed by atoms with Gasteiger partial charge in [0.05, 0.1) is 5.60 Å². The molecular formula is C21H30F3NO2. The molecule has 1 N–H and O–H groups in total. The summed E-state index contributed by atoms with van der Waals surface area (Å²) in [5, 5.41) is 11.4. The van der Waals surface area contributed by atoms with Crippen LogP contribution < -0.4 is 4.74 Å². The predicted octanol–water partition coefficient (Wildman–Crippen LogP) is 5.10. The summed E-state index contributed by atoms with van der Waals surface area (Å²) in [7, 11) is 0. The lowest BCUT2D eigenvalue weighted by Crippen LogP contribution is -2.46. The van der Waals surface area contributed by atoms with Gasteiger partial charge in [-0.1, -0.05) is 38.3 Å². The fourth-order valence-corrected chi connectivity index (χ4v) is 4.74. The normalized spacial score (nSPS) is 25.1. The van der Waals surface area contributed by atoms with E-state index in [9.17, 15) is 18.3 Å². The van der Waals surface area contributed by atoms with Gasteiger partial charge >= 0.3 is 6.36 Å². The minimum Gasteiger partial charge on any atom is -0.406 e. The molecule has 1 aliphatic carbocycles. The van der Waals surface area contributed by atoms with Crippen LogP contribution in [0.25, 0.3) is 0 Å². The molecule has 1 aromatic carbocycles. The number of benzene rings is 1. The third-order valence-corrected chi connectivity index (χ3v) is 6.04. The Hall–Kier alpha value is -1.27. The molecule has 0 aromatic heterocycles. The Labute approximate surface area is 159 Å². The molecule has 2 aliphatic rings. The van der Waals surface area contributed by atoms with E-state index in [-0.39, 0.29) is 11.7 Å². The number of nitrogens with zero attached hydrogens (tertiary/aromatic N) is 1. The number of hydrogen-bond acceptors (Lipinski definition) is 3. The quantitative estimate of drug-likeness (QED) is 0.766. The molecule has 0 amide bonds. The number of ether oxygens (including phenoxy) is 1. The van der Waals surface area contributed by atoms with Crippen LogP contribution in [0.15, 0.2) is 24.3 Å². The molecule has 6 heteroatoms. The van der Waals surface area contributed by atoms with E-state index in [2.05, 4.69) is 16.6 Å². The summed E-state index contributed by atoms with van der Waals surface area (Å²) in [4.78, 5) is 2.36. The highest BCUT2D eigenvalue weighted by molar-refractivity contribution is 5.33. The molecule has 1 heterocycles. The second-order valence-corrected chi connectivity index (χ2v) is 8.34. The molecule has 0 spiro atoms. The van der Waals surface area contributed by atoms with Crippen LogP contribution in [0.5, 0.6) is 5.75 Å². The van der Waals surface area contributed by atoms with E-state index in [4.69, 9.17) is 0 Å². The van der Waals surface area contributed by atoms with Gasteiger partial charge in [-0.15, -0.1) is 13.2 Å². The first-order valence-electron chi connectivity index (χ1n) is 10.1. The molecule has 1 aliphatic heterocycles. The van der Waals surface area contributed by atoms with Crippen molar-refractivity contribution in [1.82, 2.24) is 4.90 Å². The first-order chi connectivity index (χ1) is 12.8. The Balaban J connectivity index is 1.86. The van der Waals surface area contributed by atoms with Gasteiger partial charge in [-0.3, -0.25) is 0 Å². The van der Waals surface area contributed by atoms with Gasteiger partial charge in [0.15, 0.2) is 0 Å². The number of halogens is 3. The van der Waals surface area contributed by atoms with Gasteiger partial charge in [0.2, 0.25) is 0 Å². The average Bonchev–Trinajstić information content (AvgIpc) is 2.59. The lowest BCUT2D eigenvalue weighted by Gasteiger charge is -2.43. The number of piperidine rings is 1. The Morgan fingerprint density at radius 2 is 1.96 bits per heavy atom. The molecular weight excluding hydrogens is 355 g/mol. The first kappa shape index (κ1) is 20.5. The molecule has 0 radical (unpaired) electrons. The lowest BCUT2D eigenvalue weighted by molar-refractivity contribution is -0.274. The van der Waals surface area contributed by atoms with Crippen LogP contribution in [-0.2, 0) is 0 Å². The van der Waals surface area contributed by atoms with Crippen LogP contribution >= 0.6 is 0 Å². The van der Waals surface area contributed by atoms with Crippen molar-refractivity contribution in [2.75, 3.05) is 19.6 Å². The highest BCUT2D eigenvalue weighted by atomic mass is 19.4. The van der Waals surface area contributed by atoms with Crippen molar-refractivity contribution in [1.29, 1.82) is 0 Å². The minimum absolute atomic E-state index is 0.208. The second-order valence-electron chi connectivity index (χ2n) is 8.34. The monoisotopic (exact) mass is 385 g/mol. The fraction of sp³-hybridized carbons (Fsp3) is 0.714. The third kappa shape index (κ3) is 5.61. The molecule has 2 fully saturated rings. The molecule has 0 bridgehead atoms. The molecule has 3 nitrogen and oxygen atoms in total. The Bertz CT molecular complexity index is 614. The standard InChI is InChI=1S/C21H30F3NO2/c1-16-7-6-12-25(14-16)15-19(20(26)10-3-2-4-11-20)17-8-5-9-18(13-17)27-21(22,23)24/h5,8-9,13,16,19,26H,2-4,6-7,10-12,14-15H2,1H3/t16-,19?/m1/s1. The predicted molar refractivity (Wildman–Crippen MR) is 98.7 cm³/mol. The maximum Gasteiger partial charge on any atom is 0.573 e. The number of rotatable bonds is 5. The second kappa shape index (κ2) is 8.39. The zero-order valence-electron chi connectivity index (χ0n) is 16.0. The number of hydrogen-bond donors (Lipinski definition) is 1. The van der Waals surface area contributed by atoms with E-state index in [1.807, 2.05) is 6.07 Å². The van der Waals surface area contributed by atoms with Gasteiger partial charge in [-0.05, 0) is 55.8 Å². The van der Waals surface area contributed by atoms with Gasteiger partial charge in [0.25, 0.3) is 0 Å². The minimum atomic E-state index is -4.71. The lowest BCUT2D eigenvalue weighted by atomic mass is 9.72. The maximum absolute atomic E-state index is 12.6. The SMILES string of the molecule is C[C@@H]1CCCN(CC(c2cccc(OC(F)(F)F)c2)C2(O)CCCCC2)C1. The zero-order valence-corrected chi connectivity index (χ0v) is 16.0. The molecule has 3 rings (SSSR count). The van der Waals surface area contributed by atoms with Crippen molar-refractivity contribution in [2.45, 2.75) is 69.8 Å². The summed E-state index contributed by atoms with van der Waals surface area (Å²) < 4.78 is 42.0. The zero-order chi connectivity index (χ0) is 19.5. The largest absolute Gasteiger partial charge is 0.573 e. The van der Waals surface area contributed by atoms with E-state index in [1.54, 1.807) is 6.07 Å². The van der Waals surface area contributed by atoms with Gasteiger partial charge in [0.1, 0.15) is 5.75 Å². The summed E-state index contributed by atoms with van der Waals surface area (Å²) in [5.41, 5.74) is -0.130. The summed E-state index contributed by atoms with van der Waals surface area (Å²) in [5.74, 6) is 0.191. The van der Waals surface area contributed by atoms with Gasteiger partial charge in [-0.25, -0.2) is 0 Å². The first-order valence-corrected chi connectivity index (χ1v) is 10.1. The molecule has 1 unspecified atom stereocenters. The Morgan fingerprint density at radius 1 is 1.22 bits per heavy atom. The molecule has 1 aromatic rings. The van der Waals surface area contributed by atoms with Crippen molar-refractivity contribution in [2.24, 2.45) is 5.92 Å². The summed E-state index contributed by atoms with van der Waals surface area (Å²) in [6, 6.07) is 6.20. The topological polar surface area (TPSA) is 32.7 Å². The van der Waals surface area contributed by atoms with Gasteiger partial charge in [-0.2, -0.15) is 0 Å². The van der Waals surface area contributed by atoms with Gasteiger partial charge < -0.3 is 14.7 Å². The number of alkyl halides is 3. The van der Waals surface area contributed by atoms with E-state index in [0.717, 1.165) is 44.3 Å². The van der Waals surface area contributed by atoms with E-state index < -0.39 is 12.0 Å². The molecule has 152 valence electrons. The molecule has 2 atom stereocenters. The van der Waals surface area contributed by atoms with Crippen molar-refractivity contribution in [3.63, 3.8) is 0 Å². The van der Waals surface area contributed by atoms with E-state index >= 15 is 0 Å². The molecule has 1 saturated heterocycles. The Kier molecular flexibility index (Phi) is 6.36. The summed E-state index contributed by atoms with van der Waals surface area (Å²) in [6.07, 6.45) is 2.05. The highest BCUT2D eigenvalue weighted by Crippen LogP contribution is 2.42. The maximum atomic E-state index is 12.6. The van der Waals surface area contributed by atoms with Crippen LogP contribution in [0.3, 0.4) is 0 Å². The van der Waals surface area contributed by atoms with Crippen molar-refractivity contribution >= 4 is 0 Å². The average molecular weight is 385 g/mol. The summed E-state index contributed by atoms with van der Waals surface area (Å²) in [6.45, 7) is 4.87. The van der Waals surface area contributed by atoms with Crippen molar-refractivity contribution in [3.05, 3.63) is 29.8 Å². The van der Waals surface area contributed by atoms with Crippen LogP contribution in [0.2, 0.25) is 0 Å². The van der Waals surface area contributed by atoms with Crippen LogP contribution in [0, 0.1) is 5.92 Å². The van der Waals surface area contributed by atoms with Crippen molar-refractivity contribution < 1.29 is 23.0 Å². The highest BCUT2D eigenvalue weighted by Gasteiger charge is 2.40. The third-order valence-electron chi connectivity index (χ3n) is 6.04. The van der Waals surface area contributed by atoms with E-state index in [0.29, 0.717) is 25.3 Å². The Morgan fingerprint density at radius 3 is 2.63 bits per heavy atom. The van der Waals surface area contributed by atoms with Gasteiger partial charge in [0, 0.05) is 19.0 Å². The number of aliphatic hydroxyl groups is 1. The van der Waals surface area contributed by atoms with Crippen LogP contribution in [0.4, 0.5) is 13.2 Å². The van der Waals surface area contributed by atoms with E-state index in [1.165, 1.54) is 18.6 Å².